The van der Waals surface area contributed by atoms with Crippen LogP contribution < -0.4 is 5.32 Å². The third-order valence-corrected chi connectivity index (χ3v) is 4.05. The molecule has 3 rings (SSSR count). The van der Waals surface area contributed by atoms with Gasteiger partial charge in [-0.2, -0.15) is 0 Å². The summed E-state index contributed by atoms with van der Waals surface area (Å²) >= 11 is 0. The second-order valence-electron chi connectivity index (χ2n) is 5.91. The number of hydrogen-bond acceptors (Lipinski definition) is 8. The normalized spacial score (nSPS) is 13.3. The van der Waals surface area contributed by atoms with Gasteiger partial charge in [0, 0.05) is 12.1 Å². The summed E-state index contributed by atoms with van der Waals surface area (Å²) in [4.78, 5) is 22.4. The molecule has 0 aliphatic carbocycles. The standard InChI is InChI=1S/C17H16N4O6/c22-9-15(17(24)11-2-4-12(5-3-11)21(25)26)18-16(23)8-10-1-6-13-14(7-10)20-27-19-13/h1-7,15,17,22,24H,8-9H2,(H,18,23)/t15-,17-/m1/s1. The number of nitrogens with one attached hydrogen (secondary N) is 1. The number of non-ortho nitro benzene ring substituents is 1. The van der Waals surface area contributed by atoms with Crippen molar-refractivity contribution >= 4 is 22.6 Å². The largest absolute Gasteiger partial charge is 0.394 e. The van der Waals surface area contributed by atoms with Gasteiger partial charge in [0.1, 0.15) is 17.1 Å². The lowest BCUT2D eigenvalue weighted by atomic mass is 10.0. The Morgan fingerprint density at radius 1 is 1.19 bits per heavy atom. The first kappa shape index (κ1) is 18.4. The van der Waals surface area contributed by atoms with Crippen LogP contribution in [0.3, 0.4) is 0 Å². The summed E-state index contributed by atoms with van der Waals surface area (Å²) in [6, 6.07) is 9.32. The lowest BCUT2D eigenvalue weighted by Gasteiger charge is -2.22. The van der Waals surface area contributed by atoms with Crippen molar-refractivity contribution in [2.75, 3.05) is 6.61 Å². The molecule has 1 aromatic heterocycles. The molecular weight excluding hydrogens is 356 g/mol. The maximum absolute atomic E-state index is 12.3. The monoisotopic (exact) mass is 372 g/mol. The van der Waals surface area contributed by atoms with Crippen molar-refractivity contribution in [1.82, 2.24) is 15.6 Å². The van der Waals surface area contributed by atoms with Crippen molar-refractivity contribution in [3.05, 3.63) is 63.7 Å². The molecule has 0 fully saturated rings. The number of nitro benzene ring substituents is 1. The summed E-state index contributed by atoms with van der Waals surface area (Å²) < 4.78 is 4.60. The summed E-state index contributed by atoms with van der Waals surface area (Å²) in [7, 11) is 0. The average Bonchev–Trinajstić information content (AvgIpc) is 3.13. The second kappa shape index (κ2) is 7.89. The van der Waals surface area contributed by atoms with Gasteiger partial charge < -0.3 is 15.5 Å². The number of rotatable bonds is 7. The van der Waals surface area contributed by atoms with Crippen molar-refractivity contribution in [1.29, 1.82) is 0 Å². The number of carbonyl (C=O) groups excluding carboxylic acids is 1. The van der Waals surface area contributed by atoms with Gasteiger partial charge in [0.05, 0.1) is 24.0 Å². The number of nitrogens with zero attached hydrogens (tertiary/aromatic N) is 3. The van der Waals surface area contributed by atoms with Gasteiger partial charge in [0.25, 0.3) is 5.69 Å². The fourth-order valence-corrected chi connectivity index (χ4v) is 2.63. The SMILES string of the molecule is O=C(Cc1ccc2nonc2c1)N[C@H](CO)[C@H](O)c1ccc([N+](=O)[O-])cc1. The number of nitro groups is 1. The number of fused-ring (bicyclic) bond motifs is 1. The highest BCUT2D eigenvalue weighted by Gasteiger charge is 2.23. The molecular formula is C17H16N4O6. The summed E-state index contributed by atoms with van der Waals surface area (Å²) in [5, 5.41) is 40.5. The summed E-state index contributed by atoms with van der Waals surface area (Å²) in [6.07, 6.45) is -1.21. The van der Waals surface area contributed by atoms with Crippen LogP contribution in [-0.4, -0.2) is 44.0 Å². The minimum atomic E-state index is -1.22. The molecule has 2 aromatic carbocycles. The Kier molecular flexibility index (Phi) is 5.38. The zero-order valence-corrected chi connectivity index (χ0v) is 14.0. The highest BCUT2D eigenvalue weighted by molar-refractivity contribution is 5.81. The van der Waals surface area contributed by atoms with Gasteiger partial charge in [0.15, 0.2) is 0 Å². The van der Waals surface area contributed by atoms with E-state index in [1.807, 2.05) is 0 Å². The number of benzene rings is 2. The van der Waals surface area contributed by atoms with E-state index < -0.39 is 29.6 Å². The Bertz CT molecular complexity index is 955. The van der Waals surface area contributed by atoms with E-state index in [0.717, 1.165) is 0 Å². The van der Waals surface area contributed by atoms with Gasteiger partial charge in [-0.15, -0.1) is 0 Å². The van der Waals surface area contributed by atoms with Crippen molar-refractivity contribution in [2.24, 2.45) is 0 Å². The predicted octanol–water partition coefficient (Wildman–Crippen LogP) is 0.884. The van der Waals surface area contributed by atoms with E-state index in [9.17, 15) is 25.1 Å². The van der Waals surface area contributed by atoms with Crippen LogP contribution in [0.2, 0.25) is 0 Å². The van der Waals surface area contributed by atoms with Gasteiger partial charge in [0.2, 0.25) is 5.91 Å². The molecule has 0 unspecified atom stereocenters. The lowest BCUT2D eigenvalue weighted by Crippen LogP contribution is -2.42. The Labute approximate surface area is 152 Å². The number of aliphatic hydroxyl groups excluding tert-OH is 2. The lowest BCUT2D eigenvalue weighted by molar-refractivity contribution is -0.384. The molecule has 1 heterocycles. The van der Waals surface area contributed by atoms with Crippen molar-refractivity contribution in [3.63, 3.8) is 0 Å². The highest BCUT2D eigenvalue weighted by Crippen LogP contribution is 2.20. The first-order valence-electron chi connectivity index (χ1n) is 8.02. The second-order valence-corrected chi connectivity index (χ2v) is 5.91. The van der Waals surface area contributed by atoms with E-state index in [4.69, 9.17) is 0 Å². The van der Waals surface area contributed by atoms with E-state index >= 15 is 0 Å². The first-order valence-corrected chi connectivity index (χ1v) is 8.02. The molecule has 0 spiro atoms. The van der Waals surface area contributed by atoms with Crippen molar-refractivity contribution < 1.29 is 24.6 Å². The maximum atomic E-state index is 12.3. The Morgan fingerprint density at radius 2 is 1.89 bits per heavy atom. The molecule has 0 radical (unpaired) electrons. The van der Waals surface area contributed by atoms with Gasteiger partial charge in [-0.1, -0.05) is 6.07 Å². The molecule has 0 saturated carbocycles. The molecule has 0 bridgehead atoms. The number of aromatic nitrogens is 2. The van der Waals surface area contributed by atoms with E-state index in [2.05, 4.69) is 20.3 Å². The maximum Gasteiger partial charge on any atom is 0.269 e. The number of amides is 1. The van der Waals surface area contributed by atoms with Crippen LogP contribution >= 0.6 is 0 Å². The molecule has 2 atom stereocenters. The average molecular weight is 372 g/mol. The smallest absolute Gasteiger partial charge is 0.269 e. The van der Waals surface area contributed by atoms with Gasteiger partial charge in [-0.25, -0.2) is 4.63 Å². The quantitative estimate of drug-likeness (QED) is 0.408. The van der Waals surface area contributed by atoms with Crippen LogP contribution in [0, 0.1) is 10.1 Å². The Hall–Kier alpha value is -3.37. The fraction of sp³-hybridized carbons (Fsp3) is 0.235. The zero-order valence-electron chi connectivity index (χ0n) is 14.0. The molecule has 27 heavy (non-hydrogen) atoms. The van der Waals surface area contributed by atoms with Crippen molar-refractivity contribution in [3.8, 4) is 0 Å². The summed E-state index contributed by atoms with van der Waals surface area (Å²) in [6.45, 7) is -0.504. The van der Waals surface area contributed by atoms with Crippen LogP contribution in [0.4, 0.5) is 5.69 Å². The van der Waals surface area contributed by atoms with E-state index in [1.54, 1.807) is 18.2 Å². The molecule has 3 aromatic rings. The minimum absolute atomic E-state index is 0.00623. The van der Waals surface area contributed by atoms with E-state index in [-0.39, 0.29) is 12.1 Å². The van der Waals surface area contributed by atoms with Gasteiger partial charge >= 0.3 is 0 Å². The van der Waals surface area contributed by atoms with Crippen LogP contribution in [0.5, 0.6) is 0 Å². The number of aliphatic hydroxyl groups is 2. The Morgan fingerprint density at radius 3 is 2.56 bits per heavy atom. The number of carbonyl (C=O) groups is 1. The third-order valence-electron chi connectivity index (χ3n) is 4.05. The van der Waals surface area contributed by atoms with Crippen LogP contribution in [0.15, 0.2) is 47.1 Å². The van der Waals surface area contributed by atoms with Gasteiger partial charge in [-0.05, 0) is 45.7 Å². The summed E-state index contributed by atoms with van der Waals surface area (Å²) in [5.74, 6) is -0.411. The predicted molar refractivity (Wildman–Crippen MR) is 92.6 cm³/mol. The molecule has 140 valence electrons. The van der Waals surface area contributed by atoms with Gasteiger partial charge in [-0.3, -0.25) is 14.9 Å². The number of hydrogen-bond donors (Lipinski definition) is 3. The van der Waals surface area contributed by atoms with E-state index in [0.29, 0.717) is 22.2 Å². The van der Waals surface area contributed by atoms with Crippen molar-refractivity contribution in [2.45, 2.75) is 18.6 Å². The third kappa shape index (κ3) is 4.25. The minimum Gasteiger partial charge on any atom is -0.394 e. The zero-order chi connectivity index (χ0) is 19.4. The van der Waals surface area contributed by atoms with Crippen LogP contribution in [0.1, 0.15) is 17.2 Å². The Balaban J connectivity index is 1.65. The van der Waals surface area contributed by atoms with Crippen LogP contribution in [-0.2, 0) is 11.2 Å². The molecule has 10 heteroatoms. The highest BCUT2D eigenvalue weighted by atomic mass is 16.6. The molecule has 0 aliphatic rings. The fourth-order valence-electron chi connectivity index (χ4n) is 2.63. The van der Waals surface area contributed by atoms with Crippen LogP contribution in [0.25, 0.3) is 11.0 Å². The van der Waals surface area contributed by atoms with E-state index in [1.165, 1.54) is 24.3 Å². The molecule has 1 amide bonds. The summed E-state index contributed by atoms with van der Waals surface area (Å²) in [5.41, 5.74) is 1.98. The topological polar surface area (TPSA) is 152 Å². The molecule has 3 N–H and O–H groups in total. The molecule has 0 saturated heterocycles. The molecule has 0 aliphatic heterocycles. The first-order chi connectivity index (χ1) is 13.0. The molecule has 10 nitrogen and oxygen atoms in total.